The SMILES string of the molecule is COCCC1CC(OC(C)OC(C)OC)c2ccsc2S1. The van der Waals surface area contributed by atoms with E-state index >= 15 is 0 Å². The normalized spacial score (nSPS) is 24.6. The Balaban J connectivity index is 1.97. The van der Waals surface area contributed by atoms with Gasteiger partial charge >= 0.3 is 0 Å². The average Bonchev–Trinajstić information content (AvgIpc) is 2.93. The van der Waals surface area contributed by atoms with Gasteiger partial charge in [0.15, 0.2) is 12.6 Å². The molecule has 2 heterocycles. The van der Waals surface area contributed by atoms with Crippen LogP contribution in [0.15, 0.2) is 15.7 Å². The Morgan fingerprint density at radius 2 is 2.10 bits per heavy atom. The van der Waals surface area contributed by atoms with Crippen LogP contribution in [0.3, 0.4) is 0 Å². The van der Waals surface area contributed by atoms with Crippen LogP contribution in [-0.4, -0.2) is 38.7 Å². The van der Waals surface area contributed by atoms with Gasteiger partial charge in [0.1, 0.15) is 0 Å². The molecule has 1 aliphatic rings. The molecule has 1 aliphatic heterocycles. The maximum Gasteiger partial charge on any atom is 0.158 e. The van der Waals surface area contributed by atoms with Crippen LogP contribution in [0.4, 0.5) is 0 Å². The van der Waals surface area contributed by atoms with Crippen molar-refractivity contribution in [1.82, 2.24) is 0 Å². The molecule has 0 aliphatic carbocycles. The van der Waals surface area contributed by atoms with E-state index in [0.717, 1.165) is 19.4 Å². The summed E-state index contributed by atoms with van der Waals surface area (Å²) < 4.78 is 23.4. The van der Waals surface area contributed by atoms with E-state index in [4.69, 9.17) is 18.9 Å². The van der Waals surface area contributed by atoms with Crippen LogP contribution in [0.1, 0.15) is 38.4 Å². The predicted molar refractivity (Wildman–Crippen MR) is 85.9 cm³/mol. The molecule has 0 N–H and O–H groups in total. The highest BCUT2D eigenvalue weighted by Gasteiger charge is 2.30. The van der Waals surface area contributed by atoms with Crippen LogP contribution in [-0.2, 0) is 18.9 Å². The molecule has 0 aromatic carbocycles. The Labute approximate surface area is 135 Å². The summed E-state index contributed by atoms with van der Waals surface area (Å²) in [6, 6.07) is 2.16. The third-order valence-corrected chi connectivity index (χ3v) is 5.98. The van der Waals surface area contributed by atoms with Gasteiger partial charge in [-0.3, -0.25) is 0 Å². The predicted octanol–water partition coefficient (Wildman–Crippen LogP) is 4.06. The molecule has 120 valence electrons. The molecule has 0 amide bonds. The van der Waals surface area contributed by atoms with Gasteiger partial charge in [-0.1, -0.05) is 0 Å². The minimum atomic E-state index is -0.288. The van der Waals surface area contributed by atoms with Crippen molar-refractivity contribution in [1.29, 1.82) is 0 Å². The zero-order valence-corrected chi connectivity index (χ0v) is 14.7. The number of methoxy groups -OCH3 is 2. The Kier molecular flexibility index (Phi) is 6.98. The number of fused-ring (bicyclic) bond motifs is 1. The summed E-state index contributed by atoms with van der Waals surface area (Å²) in [5.74, 6) is 0. The second kappa shape index (κ2) is 8.50. The molecule has 4 unspecified atom stereocenters. The molecule has 0 fully saturated rings. The lowest BCUT2D eigenvalue weighted by molar-refractivity contribution is -0.240. The monoisotopic (exact) mass is 332 g/mol. The van der Waals surface area contributed by atoms with Crippen molar-refractivity contribution in [3.63, 3.8) is 0 Å². The molecule has 1 aromatic heterocycles. The van der Waals surface area contributed by atoms with E-state index in [9.17, 15) is 0 Å². The van der Waals surface area contributed by atoms with Crippen molar-refractivity contribution in [2.75, 3.05) is 20.8 Å². The fourth-order valence-electron chi connectivity index (χ4n) is 2.35. The fourth-order valence-corrected chi connectivity index (χ4v) is 4.94. The largest absolute Gasteiger partial charge is 0.385 e. The van der Waals surface area contributed by atoms with Crippen molar-refractivity contribution in [2.45, 2.75) is 54.8 Å². The first kappa shape index (κ1) is 17.2. The quantitative estimate of drug-likeness (QED) is 0.671. The highest BCUT2D eigenvalue weighted by molar-refractivity contribution is 8.01. The molecule has 4 atom stereocenters. The van der Waals surface area contributed by atoms with Crippen LogP contribution in [0.2, 0.25) is 0 Å². The molecular formula is C15H24O4S2. The molecule has 0 saturated carbocycles. The first-order valence-electron chi connectivity index (χ1n) is 7.20. The van der Waals surface area contributed by atoms with Gasteiger partial charge in [-0.25, -0.2) is 0 Å². The Bertz CT molecular complexity index is 424. The Morgan fingerprint density at radius 3 is 2.81 bits per heavy atom. The van der Waals surface area contributed by atoms with Gasteiger partial charge in [0.05, 0.1) is 10.3 Å². The van der Waals surface area contributed by atoms with Crippen LogP contribution in [0.5, 0.6) is 0 Å². The lowest BCUT2D eigenvalue weighted by Gasteiger charge is -2.31. The van der Waals surface area contributed by atoms with Gasteiger partial charge in [-0.05, 0) is 38.1 Å². The van der Waals surface area contributed by atoms with Gasteiger partial charge in [0, 0.05) is 31.6 Å². The zero-order chi connectivity index (χ0) is 15.2. The number of thiophene rings is 1. The lowest BCUT2D eigenvalue weighted by Crippen LogP contribution is -2.26. The number of thioether (sulfide) groups is 1. The van der Waals surface area contributed by atoms with E-state index in [1.165, 1.54) is 9.77 Å². The fraction of sp³-hybridized carbons (Fsp3) is 0.733. The summed E-state index contributed by atoms with van der Waals surface area (Å²) in [7, 11) is 3.38. The molecule has 1 aromatic rings. The average molecular weight is 332 g/mol. The molecular weight excluding hydrogens is 308 g/mol. The summed E-state index contributed by atoms with van der Waals surface area (Å²) in [5.41, 5.74) is 1.29. The van der Waals surface area contributed by atoms with E-state index in [1.54, 1.807) is 25.6 Å². The Morgan fingerprint density at radius 1 is 1.29 bits per heavy atom. The second-order valence-corrected chi connectivity index (χ2v) is 7.54. The van der Waals surface area contributed by atoms with Crippen molar-refractivity contribution in [3.8, 4) is 0 Å². The molecule has 0 radical (unpaired) electrons. The van der Waals surface area contributed by atoms with Crippen LogP contribution < -0.4 is 0 Å². The molecule has 0 bridgehead atoms. The third-order valence-electron chi connectivity index (χ3n) is 3.47. The van der Waals surface area contributed by atoms with Crippen LogP contribution >= 0.6 is 23.1 Å². The van der Waals surface area contributed by atoms with Crippen LogP contribution in [0.25, 0.3) is 0 Å². The summed E-state index contributed by atoms with van der Waals surface area (Å²) in [4.78, 5) is 0. The zero-order valence-electron chi connectivity index (χ0n) is 13.0. The van der Waals surface area contributed by atoms with Gasteiger partial charge in [0.25, 0.3) is 0 Å². The van der Waals surface area contributed by atoms with Gasteiger partial charge in [-0.15, -0.1) is 23.1 Å². The van der Waals surface area contributed by atoms with Gasteiger partial charge in [0.2, 0.25) is 0 Å². The van der Waals surface area contributed by atoms with E-state index in [0.29, 0.717) is 5.25 Å². The van der Waals surface area contributed by atoms with Crippen LogP contribution in [0, 0.1) is 0 Å². The maximum absolute atomic E-state index is 6.11. The number of hydrogen-bond donors (Lipinski definition) is 0. The van der Waals surface area contributed by atoms with Crippen molar-refractivity contribution in [2.24, 2.45) is 0 Å². The van der Waals surface area contributed by atoms with E-state index in [2.05, 4.69) is 11.4 Å². The maximum atomic E-state index is 6.11. The summed E-state index contributed by atoms with van der Waals surface area (Å²) in [6.45, 7) is 4.58. The number of hydrogen-bond acceptors (Lipinski definition) is 6. The summed E-state index contributed by atoms with van der Waals surface area (Å²) in [6.07, 6.45) is 1.58. The molecule has 4 nitrogen and oxygen atoms in total. The molecule has 0 spiro atoms. The minimum Gasteiger partial charge on any atom is -0.385 e. The van der Waals surface area contributed by atoms with Crippen molar-refractivity contribution in [3.05, 3.63) is 17.0 Å². The Hall–Kier alpha value is -0.110. The van der Waals surface area contributed by atoms with E-state index in [-0.39, 0.29) is 18.7 Å². The summed E-state index contributed by atoms with van der Waals surface area (Å²) in [5, 5.41) is 2.67. The second-order valence-electron chi connectivity index (χ2n) is 5.05. The summed E-state index contributed by atoms with van der Waals surface area (Å²) >= 11 is 3.73. The number of rotatable bonds is 8. The van der Waals surface area contributed by atoms with Gasteiger partial charge in [-0.2, -0.15) is 0 Å². The highest BCUT2D eigenvalue weighted by atomic mass is 32.2. The molecule has 21 heavy (non-hydrogen) atoms. The van der Waals surface area contributed by atoms with Crippen molar-refractivity contribution >= 4 is 23.1 Å². The molecule has 6 heteroatoms. The first-order chi connectivity index (χ1) is 10.1. The third kappa shape index (κ3) is 4.94. The number of ether oxygens (including phenoxy) is 4. The highest BCUT2D eigenvalue weighted by Crippen LogP contribution is 2.46. The molecule has 2 rings (SSSR count). The smallest absolute Gasteiger partial charge is 0.158 e. The molecule has 0 saturated heterocycles. The topological polar surface area (TPSA) is 36.9 Å². The first-order valence-corrected chi connectivity index (χ1v) is 8.96. The van der Waals surface area contributed by atoms with Crippen molar-refractivity contribution < 1.29 is 18.9 Å². The van der Waals surface area contributed by atoms with Gasteiger partial charge < -0.3 is 18.9 Å². The standard InChI is InChI=1S/C15H24O4S2/c1-10(17-4)18-11(2)19-14-9-12(5-7-16-3)21-15-13(14)6-8-20-15/h6,8,10-12,14H,5,7,9H2,1-4H3. The van der Waals surface area contributed by atoms with E-state index < -0.39 is 0 Å². The lowest BCUT2D eigenvalue weighted by atomic mass is 10.1. The van der Waals surface area contributed by atoms with E-state index in [1.807, 2.05) is 25.6 Å². The minimum absolute atomic E-state index is 0.0911.